The standard InChI is InChI=1S/C11H12BrF2NO2/c1-15(7-6-12)10(16)8-4-2-3-5-9(8)17-11(13)14/h2-5,11H,6-7H2,1H3. The molecule has 0 bridgehead atoms. The molecule has 1 aromatic carbocycles. The maximum absolute atomic E-state index is 12.2. The second-order valence-corrected chi connectivity index (χ2v) is 4.08. The summed E-state index contributed by atoms with van der Waals surface area (Å²) < 4.78 is 28.6. The van der Waals surface area contributed by atoms with Crippen molar-refractivity contribution in [2.24, 2.45) is 0 Å². The van der Waals surface area contributed by atoms with Gasteiger partial charge in [-0.25, -0.2) is 0 Å². The first-order valence-corrected chi connectivity index (χ1v) is 6.03. The van der Waals surface area contributed by atoms with E-state index in [2.05, 4.69) is 20.7 Å². The Labute approximate surface area is 106 Å². The number of carbonyl (C=O) groups excluding carboxylic acids is 1. The van der Waals surface area contributed by atoms with Crippen LogP contribution >= 0.6 is 15.9 Å². The zero-order chi connectivity index (χ0) is 12.8. The van der Waals surface area contributed by atoms with E-state index in [1.807, 2.05) is 0 Å². The van der Waals surface area contributed by atoms with Gasteiger partial charge in [0.2, 0.25) is 0 Å². The summed E-state index contributed by atoms with van der Waals surface area (Å²) in [5.41, 5.74) is 0.135. The van der Waals surface area contributed by atoms with Gasteiger partial charge in [0.15, 0.2) is 0 Å². The fourth-order valence-corrected chi connectivity index (χ4v) is 1.81. The van der Waals surface area contributed by atoms with E-state index in [0.29, 0.717) is 11.9 Å². The van der Waals surface area contributed by atoms with Crippen molar-refractivity contribution < 1.29 is 18.3 Å². The van der Waals surface area contributed by atoms with Crippen molar-refractivity contribution in [1.82, 2.24) is 4.90 Å². The topological polar surface area (TPSA) is 29.5 Å². The molecule has 6 heteroatoms. The molecule has 17 heavy (non-hydrogen) atoms. The smallest absolute Gasteiger partial charge is 0.387 e. The zero-order valence-corrected chi connectivity index (χ0v) is 10.8. The molecule has 0 fully saturated rings. The fraction of sp³-hybridized carbons (Fsp3) is 0.364. The van der Waals surface area contributed by atoms with Gasteiger partial charge in [-0.1, -0.05) is 28.1 Å². The van der Waals surface area contributed by atoms with Gasteiger partial charge < -0.3 is 9.64 Å². The van der Waals surface area contributed by atoms with Crippen molar-refractivity contribution >= 4 is 21.8 Å². The number of nitrogens with zero attached hydrogens (tertiary/aromatic N) is 1. The molecule has 0 radical (unpaired) electrons. The van der Waals surface area contributed by atoms with Crippen LogP contribution < -0.4 is 4.74 Å². The zero-order valence-electron chi connectivity index (χ0n) is 9.20. The molecule has 0 unspecified atom stereocenters. The third-order valence-electron chi connectivity index (χ3n) is 2.10. The summed E-state index contributed by atoms with van der Waals surface area (Å²) in [6.07, 6.45) is 0. The van der Waals surface area contributed by atoms with Crippen LogP contribution in [0.2, 0.25) is 0 Å². The van der Waals surface area contributed by atoms with Crippen molar-refractivity contribution in [3.63, 3.8) is 0 Å². The van der Waals surface area contributed by atoms with E-state index >= 15 is 0 Å². The van der Waals surface area contributed by atoms with Crippen LogP contribution in [0.15, 0.2) is 24.3 Å². The lowest BCUT2D eigenvalue weighted by molar-refractivity contribution is -0.0502. The quantitative estimate of drug-likeness (QED) is 0.783. The Morgan fingerprint density at radius 2 is 2.12 bits per heavy atom. The summed E-state index contributed by atoms with van der Waals surface area (Å²) in [4.78, 5) is 13.4. The Bertz CT molecular complexity index is 387. The Kier molecular flexibility index (Phi) is 5.34. The van der Waals surface area contributed by atoms with Crippen LogP contribution in [0.5, 0.6) is 5.75 Å². The molecule has 0 aliphatic heterocycles. The Balaban J connectivity index is 2.92. The molecule has 3 nitrogen and oxygen atoms in total. The highest BCUT2D eigenvalue weighted by Crippen LogP contribution is 2.21. The molecule has 1 aromatic rings. The van der Waals surface area contributed by atoms with Gasteiger partial charge in [0.1, 0.15) is 5.75 Å². The number of hydrogen-bond donors (Lipinski definition) is 0. The van der Waals surface area contributed by atoms with Crippen LogP contribution in [-0.2, 0) is 0 Å². The molecule has 0 N–H and O–H groups in total. The number of alkyl halides is 3. The lowest BCUT2D eigenvalue weighted by Crippen LogP contribution is -2.29. The Morgan fingerprint density at radius 3 is 2.71 bits per heavy atom. The van der Waals surface area contributed by atoms with Crippen molar-refractivity contribution in [2.75, 3.05) is 18.9 Å². The first kappa shape index (κ1) is 13.9. The van der Waals surface area contributed by atoms with Gasteiger partial charge in [0.05, 0.1) is 5.56 Å². The van der Waals surface area contributed by atoms with E-state index < -0.39 is 6.61 Å². The molecule has 0 aliphatic rings. The normalized spacial score (nSPS) is 10.4. The van der Waals surface area contributed by atoms with E-state index in [0.717, 1.165) is 0 Å². The summed E-state index contributed by atoms with van der Waals surface area (Å²) in [7, 11) is 1.60. The molecule has 1 rings (SSSR count). The molecule has 0 aromatic heterocycles. The summed E-state index contributed by atoms with van der Waals surface area (Å²) in [6, 6.07) is 5.96. The maximum atomic E-state index is 12.2. The number of para-hydroxylation sites is 1. The summed E-state index contributed by atoms with van der Waals surface area (Å²) >= 11 is 3.20. The highest BCUT2D eigenvalue weighted by Gasteiger charge is 2.17. The van der Waals surface area contributed by atoms with Gasteiger partial charge in [-0.2, -0.15) is 8.78 Å². The van der Waals surface area contributed by atoms with Gasteiger partial charge in [0.25, 0.3) is 5.91 Å². The lowest BCUT2D eigenvalue weighted by Gasteiger charge is -2.17. The number of halogens is 3. The van der Waals surface area contributed by atoms with Gasteiger partial charge in [-0.3, -0.25) is 4.79 Å². The Morgan fingerprint density at radius 1 is 1.47 bits per heavy atom. The third kappa shape index (κ3) is 3.96. The molecule has 0 saturated heterocycles. The SMILES string of the molecule is CN(CCBr)C(=O)c1ccccc1OC(F)F. The Hall–Kier alpha value is -1.17. The monoisotopic (exact) mass is 307 g/mol. The third-order valence-corrected chi connectivity index (χ3v) is 2.45. The predicted molar refractivity (Wildman–Crippen MR) is 63.8 cm³/mol. The molecule has 1 amide bonds. The number of hydrogen-bond acceptors (Lipinski definition) is 2. The highest BCUT2D eigenvalue weighted by atomic mass is 79.9. The number of amides is 1. The van der Waals surface area contributed by atoms with Crippen LogP contribution in [-0.4, -0.2) is 36.3 Å². The van der Waals surface area contributed by atoms with Crippen LogP contribution in [0.3, 0.4) is 0 Å². The summed E-state index contributed by atoms with van der Waals surface area (Å²) in [5, 5.41) is 0.618. The molecular formula is C11H12BrF2NO2. The van der Waals surface area contributed by atoms with Crippen LogP contribution in [0.1, 0.15) is 10.4 Å². The van der Waals surface area contributed by atoms with Crippen molar-refractivity contribution in [3.8, 4) is 5.75 Å². The van der Waals surface area contributed by atoms with Gasteiger partial charge in [-0.05, 0) is 12.1 Å². The predicted octanol–water partition coefficient (Wildman–Crippen LogP) is 2.75. The minimum absolute atomic E-state index is 0.103. The number of ether oxygens (including phenoxy) is 1. The molecule has 0 aliphatic carbocycles. The van der Waals surface area contributed by atoms with Crippen LogP contribution in [0.4, 0.5) is 8.78 Å². The van der Waals surface area contributed by atoms with Crippen molar-refractivity contribution in [3.05, 3.63) is 29.8 Å². The highest BCUT2D eigenvalue weighted by molar-refractivity contribution is 9.09. The van der Waals surface area contributed by atoms with Crippen molar-refractivity contribution in [2.45, 2.75) is 6.61 Å². The number of benzene rings is 1. The summed E-state index contributed by atoms with van der Waals surface area (Å²) in [6.45, 7) is -2.45. The minimum Gasteiger partial charge on any atom is -0.434 e. The second-order valence-electron chi connectivity index (χ2n) is 3.29. The lowest BCUT2D eigenvalue weighted by atomic mass is 10.2. The van der Waals surface area contributed by atoms with E-state index in [1.165, 1.54) is 17.0 Å². The minimum atomic E-state index is -2.94. The van der Waals surface area contributed by atoms with Gasteiger partial charge in [-0.15, -0.1) is 0 Å². The molecule has 94 valence electrons. The number of rotatable bonds is 5. The first-order valence-electron chi connectivity index (χ1n) is 4.91. The average Bonchev–Trinajstić information content (AvgIpc) is 2.28. The first-order chi connectivity index (χ1) is 8.06. The molecule has 0 heterocycles. The van der Waals surface area contributed by atoms with Gasteiger partial charge >= 0.3 is 6.61 Å². The van der Waals surface area contributed by atoms with Gasteiger partial charge in [0, 0.05) is 18.9 Å². The molecule has 0 saturated carbocycles. The molecule has 0 spiro atoms. The largest absolute Gasteiger partial charge is 0.434 e. The number of carbonyl (C=O) groups is 1. The molecule has 0 atom stereocenters. The van der Waals surface area contributed by atoms with E-state index in [-0.39, 0.29) is 17.2 Å². The van der Waals surface area contributed by atoms with E-state index in [9.17, 15) is 13.6 Å². The van der Waals surface area contributed by atoms with Crippen molar-refractivity contribution in [1.29, 1.82) is 0 Å². The fourth-order valence-electron chi connectivity index (χ4n) is 1.28. The molecular weight excluding hydrogens is 296 g/mol. The van der Waals surface area contributed by atoms with Crippen LogP contribution in [0.25, 0.3) is 0 Å². The second kappa shape index (κ2) is 6.54. The van der Waals surface area contributed by atoms with E-state index in [4.69, 9.17) is 0 Å². The summed E-state index contributed by atoms with van der Waals surface area (Å²) in [5.74, 6) is -0.449. The average molecular weight is 308 g/mol. The van der Waals surface area contributed by atoms with E-state index in [1.54, 1.807) is 19.2 Å². The van der Waals surface area contributed by atoms with Crippen LogP contribution in [0, 0.1) is 0 Å². The maximum Gasteiger partial charge on any atom is 0.387 e.